The molecule has 4 heteroatoms. The molecule has 1 N–H and O–H groups in total. The predicted octanol–water partition coefficient (Wildman–Crippen LogP) is 3.72. The van der Waals surface area contributed by atoms with E-state index in [1.807, 2.05) is 45.9 Å². The van der Waals surface area contributed by atoms with E-state index >= 15 is 0 Å². The quantitative estimate of drug-likeness (QED) is 0.936. The Hall–Kier alpha value is -1.81. The van der Waals surface area contributed by atoms with Gasteiger partial charge in [-0.25, -0.2) is 8.42 Å². The summed E-state index contributed by atoms with van der Waals surface area (Å²) in [6, 6.07) is 10.8. The van der Waals surface area contributed by atoms with E-state index in [-0.39, 0.29) is 4.90 Å². The number of sulfonamides is 1. The molecular formula is C16H19NO2S. The molecule has 3 nitrogen and oxygen atoms in total. The van der Waals surface area contributed by atoms with Gasteiger partial charge >= 0.3 is 0 Å². The summed E-state index contributed by atoms with van der Waals surface area (Å²) in [7, 11) is -3.54. The second-order valence-corrected chi connectivity index (χ2v) is 6.88. The molecule has 20 heavy (non-hydrogen) atoms. The van der Waals surface area contributed by atoms with Crippen LogP contribution in [0.1, 0.15) is 22.3 Å². The molecule has 2 aromatic carbocycles. The highest BCUT2D eigenvalue weighted by molar-refractivity contribution is 7.92. The van der Waals surface area contributed by atoms with Crippen molar-refractivity contribution in [3.05, 3.63) is 58.7 Å². The first kappa shape index (κ1) is 14.6. The number of benzene rings is 2. The lowest BCUT2D eigenvalue weighted by atomic mass is 10.1. The second kappa shape index (κ2) is 5.29. The highest BCUT2D eigenvalue weighted by Gasteiger charge is 2.16. The zero-order chi connectivity index (χ0) is 14.9. The molecule has 0 aliphatic rings. The number of hydrogen-bond acceptors (Lipinski definition) is 2. The van der Waals surface area contributed by atoms with E-state index in [2.05, 4.69) is 4.72 Å². The van der Waals surface area contributed by atoms with Gasteiger partial charge in [-0.05, 0) is 56.5 Å². The standard InChI is InChI=1S/C16H19NO2S/c1-11-6-5-7-15(10-11)20(18,19)17-16-13(3)8-12(2)9-14(16)4/h5-10,17H,1-4H3. The summed E-state index contributed by atoms with van der Waals surface area (Å²) in [5, 5.41) is 0. The van der Waals surface area contributed by atoms with E-state index in [0.29, 0.717) is 5.69 Å². The molecule has 0 saturated carbocycles. The maximum atomic E-state index is 12.4. The molecule has 0 bridgehead atoms. The zero-order valence-electron chi connectivity index (χ0n) is 12.2. The molecule has 0 atom stereocenters. The minimum absolute atomic E-state index is 0.289. The van der Waals surface area contributed by atoms with Gasteiger partial charge in [-0.2, -0.15) is 0 Å². The molecule has 0 aliphatic carbocycles. The van der Waals surface area contributed by atoms with Gasteiger partial charge in [-0.1, -0.05) is 29.8 Å². The van der Waals surface area contributed by atoms with E-state index in [1.165, 1.54) is 0 Å². The summed E-state index contributed by atoms with van der Waals surface area (Å²) >= 11 is 0. The molecule has 0 heterocycles. The van der Waals surface area contributed by atoms with Gasteiger partial charge in [0.1, 0.15) is 0 Å². The molecule has 0 unspecified atom stereocenters. The summed E-state index contributed by atoms with van der Waals surface area (Å²) in [5.74, 6) is 0. The molecule has 0 amide bonds. The van der Waals surface area contributed by atoms with Crippen molar-refractivity contribution in [3.63, 3.8) is 0 Å². The summed E-state index contributed by atoms with van der Waals surface area (Å²) in [5.41, 5.74) is 4.57. The van der Waals surface area contributed by atoms with Gasteiger partial charge < -0.3 is 0 Å². The van der Waals surface area contributed by atoms with Gasteiger partial charge in [0.2, 0.25) is 0 Å². The number of nitrogens with one attached hydrogen (secondary N) is 1. The molecule has 2 aromatic rings. The van der Waals surface area contributed by atoms with Crippen molar-refractivity contribution in [3.8, 4) is 0 Å². The molecule has 0 radical (unpaired) electrons. The van der Waals surface area contributed by atoms with Gasteiger partial charge in [0.25, 0.3) is 10.0 Å². The second-order valence-electron chi connectivity index (χ2n) is 5.20. The Balaban J connectivity index is 2.44. The lowest BCUT2D eigenvalue weighted by Crippen LogP contribution is -2.15. The summed E-state index contributed by atoms with van der Waals surface area (Å²) in [6.45, 7) is 7.70. The topological polar surface area (TPSA) is 46.2 Å². The Morgan fingerprint density at radius 3 is 2.00 bits per heavy atom. The van der Waals surface area contributed by atoms with Crippen LogP contribution >= 0.6 is 0 Å². The fraction of sp³-hybridized carbons (Fsp3) is 0.250. The van der Waals surface area contributed by atoms with Crippen LogP contribution in [0.4, 0.5) is 5.69 Å². The normalized spacial score (nSPS) is 11.4. The molecule has 0 saturated heterocycles. The third-order valence-corrected chi connectivity index (χ3v) is 4.56. The van der Waals surface area contributed by atoms with Crippen molar-refractivity contribution in [2.24, 2.45) is 0 Å². The summed E-state index contributed by atoms with van der Waals surface area (Å²) in [6.07, 6.45) is 0. The van der Waals surface area contributed by atoms with Gasteiger partial charge in [0.15, 0.2) is 0 Å². The van der Waals surface area contributed by atoms with Crippen LogP contribution in [-0.4, -0.2) is 8.42 Å². The van der Waals surface area contributed by atoms with Crippen molar-refractivity contribution in [2.75, 3.05) is 4.72 Å². The smallest absolute Gasteiger partial charge is 0.261 e. The summed E-state index contributed by atoms with van der Waals surface area (Å²) < 4.78 is 27.6. The highest BCUT2D eigenvalue weighted by atomic mass is 32.2. The van der Waals surface area contributed by atoms with Crippen LogP contribution in [0.2, 0.25) is 0 Å². The minimum atomic E-state index is -3.54. The van der Waals surface area contributed by atoms with Crippen LogP contribution in [0.15, 0.2) is 41.3 Å². The SMILES string of the molecule is Cc1cccc(S(=O)(=O)Nc2c(C)cc(C)cc2C)c1. The number of hydrogen-bond donors (Lipinski definition) is 1. The number of aryl methyl sites for hydroxylation is 4. The Labute approximate surface area is 120 Å². The summed E-state index contributed by atoms with van der Waals surface area (Å²) in [4.78, 5) is 0.289. The van der Waals surface area contributed by atoms with E-state index in [1.54, 1.807) is 18.2 Å². The average Bonchev–Trinajstić information content (AvgIpc) is 2.34. The fourth-order valence-electron chi connectivity index (χ4n) is 2.32. The first-order chi connectivity index (χ1) is 9.29. The monoisotopic (exact) mass is 289 g/mol. The first-order valence-corrected chi connectivity index (χ1v) is 7.95. The van der Waals surface area contributed by atoms with E-state index in [9.17, 15) is 8.42 Å². The van der Waals surface area contributed by atoms with Crippen molar-refractivity contribution >= 4 is 15.7 Å². The highest BCUT2D eigenvalue weighted by Crippen LogP contribution is 2.25. The Kier molecular flexibility index (Phi) is 3.86. The lowest BCUT2D eigenvalue weighted by Gasteiger charge is -2.14. The van der Waals surface area contributed by atoms with Crippen LogP contribution in [0.25, 0.3) is 0 Å². The van der Waals surface area contributed by atoms with Gasteiger partial charge in [-0.15, -0.1) is 0 Å². The van der Waals surface area contributed by atoms with Crippen LogP contribution in [0.3, 0.4) is 0 Å². The zero-order valence-corrected chi connectivity index (χ0v) is 13.0. The van der Waals surface area contributed by atoms with E-state index in [4.69, 9.17) is 0 Å². The number of anilines is 1. The van der Waals surface area contributed by atoms with E-state index < -0.39 is 10.0 Å². The van der Waals surface area contributed by atoms with Crippen LogP contribution in [-0.2, 0) is 10.0 Å². The molecular weight excluding hydrogens is 270 g/mol. The van der Waals surface area contributed by atoms with Crippen LogP contribution < -0.4 is 4.72 Å². The minimum Gasteiger partial charge on any atom is -0.279 e. The average molecular weight is 289 g/mol. The Morgan fingerprint density at radius 2 is 1.45 bits per heavy atom. The Morgan fingerprint density at radius 1 is 0.850 bits per heavy atom. The lowest BCUT2D eigenvalue weighted by molar-refractivity contribution is 0.601. The molecule has 106 valence electrons. The fourth-order valence-corrected chi connectivity index (χ4v) is 3.62. The van der Waals surface area contributed by atoms with Crippen molar-refractivity contribution in [1.29, 1.82) is 0 Å². The largest absolute Gasteiger partial charge is 0.279 e. The first-order valence-electron chi connectivity index (χ1n) is 6.47. The van der Waals surface area contributed by atoms with Crippen LogP contribution in [0.5, 0.6) is 0 Å². The third kappa shape index (κ3) is 3.02. The van der Waals surface area contributed by atoms with Gasteiger partial charge in [0.05, 0.1) is 10.6 Å². The predicted molar refractivity (Wildman–Crippen MR) is 82.6 cm³/mol. The van der Waals surface area contributed by atoms with E-state index in [0.717, 1.165) is 22.3 Å². The Bertz CT molecular complexity index is 726. The molecule has 0 fully saturated rings. The molecule has 2 rings (SSSR count). The van der Waals surface area contributed by atoms with Crippen LogP contribution in [0, 0.1) is 27.7 Å². The van der Waals surface area contributed by atoms with Gasteiger partial charge in [0, 0.05) is 0 Å². The third-order valence-electron chi connectivity index (χ3n) is 3.21. The molecule has 0 aliphatic heterocycles. The maximum Gasteiger partial charge on any atom is 0.261 e. The van der Waals surface area contributed by atoms with Crippen molar-refractivity contribution in [1.82, 2.24) is 0 Å². The number of rotatable bonds is 3. The van der Waals surface area contributed by atoms with Crippen molar-refractivity contribution in [2.45, 2.75) is 32.6 Å². The van der Waals surface area contributed by atoms with Gasteiger partial charge in [-0.3, -0.25) is 4.72 Å². The maximum absolute atomic E-state index is 12.4. The van der Waals surface area contributed by atoms with Crippen molar-refractivity contribution < 1.29 is 8.42 Å². The molecule has 0 spiro atoms. The molecule has 0 aromatic heterocycles.